The zero-order chi connectivity index (χ0) is 13.8. The highest BCUT2D eigenvalue weighted by atomic mass is 19.1. The van der Waals surface area contributed by atoms with Crippen LogP contribution in [0.25, 0.3) is 0 Å². The Morgan fingerprint density at radius 2 is 2.37 bits per heavy atom. The first-order valence-corrected chi connectivity index (χ1v) is 6.30. The molecule has 0 bridgehead atoms. The number of nitrogen functional groups attached to an aromatic ring is 1. The number of amides is 1. The summed E-state index contributed by atoms with van der Waals surface area (Å²) in [6.45, 7) is 0.970. The summed E-state index contributed by atoms with van der Waals surface area (Å²) in [6, 6.07) is 4.07. The summed E-state index contributed by atoms with van der Waals surface area (Å²) in [4.78, 5) is 13.8. The van der Waals surface area contributed by atoms with Gasteiger partial charge in [-0.15, -0.1) is 0 Å². The molecular weight excluding hydrogens is 249 g/mol. The highest BCUT2D eigenvalue weighted by molar-refractivity contribution is 5.92. The SMILES string of the molecule is Nc1ccc(F)c(NC(=O)CN2CCCC2CO)c1. The maximum atomic E-state index is 13.5. The van der Waals surface area contributed by atoms with Crippen LogP contribution < -0.4 is 11.1 Å². The van der Waals surface area contributed by atoms with Crippen LogP contribution in [0.4, 0.5) is 15.8 Å². The van der Waals surface area contributed by atoms with E-state index in [1.807, 2.05) is 4.90 Å². The van der Waals surface area contributed by atoms with E-state index in [-0.39, 0.29) is 30.8 Å². The molecule has 1 heterocycles. The summed E-state index contributed by atoms with van der Waals surface area (Å²) in [5.41, 5.74) is 6.03. The number of nitrogens with one attached hydrogen (secondary N) is 1. The summed E-state index contributed by atoms with van der Waals surface area (Å²) in [7, 11) is 0. The van der Waals surface area contributed by atoms with Crippen molar-refractivity contribution in [1.29, 1.82) is 0 Å². The molecule has 1 aliphatic rings. The van der Waals surface area contributed by atoms with Crippen molar-refractivity contribution in [1.82, 2.24) is 4.90 Å². The molecule has 1 saturated heterocycles. The molecule has 1 aromatic carbocycles. The number of carbonyl (C=O) groups excluding carboxylic acids is 1. The first-order chi connectivity index (χ1) is 9.10. The lowest BCUT2D eigenvalue weighted by Crippen LogP contribution is -2.38. The Bertz CT molecular complexity index is 467. The monoisotopic (exact) mass is 267 g/mol. The molecule has 1 unspecified atom stereocenters. The maximum Gasteiger partial charge on any atom is 0.238 e. The quantitative estimate of drug-likeness (QED) is 0.705. The summed E-state index contributed by atoms with van der Waals surface area (Å²) in [5, 5.41) is 11.7. The fraction of sp³-hybridized carbons (Fsp3) is 0.462. The van der Waals surface area contributed by atoms with E-state index in [0.717, 1.165) is 19.4 Å². The average Bonchev–Trinajstić information content (AvgIpc) is 2.81. The number of nitrogens with two attached hydrogens (primary N) is 1. The zero-order valence-electron chi connectivity index (χ0n) is 10.6. The van der Waals surface area contributed by atoms with Gasteiger partial charge in [-0.25, -0.2) is 4.39 Å². The topological polar surface area (TPSA) is 78.6 Å². The number of halogens is 1. The molecule has 0 spiro atoms. The van der Waals surface area contributed by atoms with Crippen LogP contribution in [0.2, 0.25) is 0 Å². The minimum absolute atomic E-state index is 0.0245. The summed E-state index contributed by atoms with van der Waals surface area (Å²) in [6.07, 6.45) is 1.85. The van der Waals surface area contributed by atoms with Crippen molar-refractivity contribution in [2.75, 3.05) is 30.7 Å². The summed E-state index contributed by atoms with van der Waals surface area (Å²) in [5.74, 6) is -0.812. The van der Waals surface area contributed by atoms with Crippen LogP contribution in [-0.2, 0) is 4.79 Å². The molecule has 0 aromatic heterocycles. The summed E-state index contributed by atoms with van der Waals surface area (Å²) >= 11 is 0. The van der Waals surface area contributed by atoms with Crippen molar-refractivity contribution in [2.45, 2.75) is 18.9 Å². The van der Waals surface area contributed by atoms with Crippen molar-refractivity contribution in [3.63, 3.8) is 0 Å². The molecule has 1 aromatic rings. The number of nitrogens with zero attached hydrogens (tertiary/aromatic N) is 1. The lowest BCUT2D eigenvalue weighted by molar-refractivity contribution is -0.117. The Balaban J connectivity index is 1.95. The van der Waals surface area contributed by atoms with Gasteiger partial charge in [-0.05, 0) is 37.6 Å². The molecule has 1 aliphatic heterocycles. The zero-order valence-corrected chi connectivity index (χ0v) is 10.6. The van der Waals surface area contributed by atoms with Gasteiger partial charge in [-0.3, -0.25) is 9.69 Å². The molecule has 1 fully saturated rings. The Hall–Kier alpha value is -1.66. The number of likely N-dealkylation sites (tertiary alicyclic amines) is 1. The van der Waals surface area contributed by atoms with Gasteiger partial charge in [-0.2, -0.15) is 0 Å². The number of aliphatic hydroxyl groups excluding tert-OH is 1. The predicted molar refractivity (Wildman–Crippen MR) is 71.1 cm³/mol. The van der Waals surface area contributed by atoms with Gasteiger partial charge < -0.3 is 16.2 Å². The second kappa shape index (κ2) is 5.99. The summed E-state index contributed by atoms with van der Waals surface area (Å²) < 4.78 is 13.5. The molecule has 2 rings (SSSR count). The number of carbonyl (C=O) groups is 1. The van der Waals surface area contributed by atoms with Crippen LogP contribution in [0.3, 0.4) is 0 Å². The average molecular weight is 267 g/mol. The van der Waals surface area contributed by atoms with Crippen LogP contribution in [0.15, 0.2) is 18.2 Å². The van der Waals surface area contributed by atoms with Gasteiger partial charge in [0.1, 0.15) is 5.82 Å². The van der Waals surface area contributed by atoms with Crippen LogP contribution in [0.1, 0.15) is 12.8 Å². The molecule has 0 radical (unpaired) electrons. The first-order valence-electron chi connectivity index (χ1n) is 6.30. The fourth-order valence-electron chi connectivity index (χ4n) is 2.32. The van der Waals surface area contributed by atoms with Crippen molar-refractivity contribution in [2.24, 2.45) is 0 Å². The molecule has 104 valence electrons. The van der Waals surface area contributed by atoms with Gasteiger partial charge in [0, 0.05) is 11.7 Å². The second-order valence-corrected chi connectivity index (χ2v) is 4.74. The lowest BCUT2D eigenvalue weighted by Gasteiger charge is -2.21. The molecule has 1 atom stereocenters. The van der Waals surface area contributed by atoms with E-state index in [1.165, 1.54) is 18.2 Å². The Labute approximate surface area is 111 Å². The third kappa shape index (κ3) is 3.42. The largest absolute Gasteiger partial charge is 0.399 e. The van der Waals surface area contributed by atoms with Gasteiger partial charge in [-0.1, -0.05) is 0 Å². The van der Waals surface area contributed by atoms with E-state index in [0.29, 0.717) is 5.69 Å². The molecule has 0 saturated carbocycles. The van der Waals surface area contributed by atoms with E-state index in [2.05, 4.69) is 5.32 Å². The normalized spacial score (nSPS) is 19.6. The Morgan fingerprint density at radius 3 is 3.11 bits per heavy atom. The highest BCUT2D eigenvalue weighted by Gasteiger charge is 2.25. The number of anilines is 2. The van der Waals surface area contributed by atoms with E-state index < -0.39 is 5.82 Å². The first kappa shape index (κ1) is 13.8. The molecule has 6 heteroatoms. The molecule has 0 aliphatic carbocycles. The van der Waals surface area contributed by atoms with Crippen molar-refractivity contribution in [3.05, 3.63) is 24.0 Å². The third-order valence-electron chi connectivity index (χ3n) is 3.32. The standard InChI is InChI=1S/C13H18FN3O2/c14-11-4-3-9(15)6-12(11)16-13(19)7-17-5-1-2-10(17)8-18/h3-4,6,10,18H,1-2,5,7-8,15H2,(H,16,19). The molecule has 1 amide bonds. The molecule has 4 N–H and O–H groups in total. The van der Waals surface area contributed by atoms with E-state index in [4.69, 9.17) is 10.8 Å². The predicted octanol–water partition coefficient (Wildman–Crippen LogP) is 0.803. The van der Waals surface area contributed by atoms with E-state index in [1.54, 1.807) is 0 Å². The molecule has 19 heavy (non-hydrogen) atoms. The van der Waals surface area contributed by atoms with Gasteiger partial charge in [0.15, 0.2) is 0 Å². The minimum atomic E-state index is -0.511. The minimum Gasteiger partial charge on any atom is -0.399 e. The van der Waals surface area contributed by atoms with E-state index >= 15 is 0 Å². The molecular formula is C13H18FN3O2. The third-order valence-corrected chi connectivity index (χ3v) is 3.32. The van der Waals surface area contributed by atoms with Crippen LogP contribution in [-0.4, -0.2) is 41.7 Å². The van der Waals surface area contributed by atoms with Gasteiger partial charge in [0.05, 0.1) is 18.8 Å². The highest BCUT2D eigenvalue weighted by Crippen LogP contribution is 2.19. The van der Waals surface area contributed by atoms with Crippen molar-refractivity contribution < 1.29 is 14.3 Å². The second-order valence-electron chi connectivity index (χ2n) is 4.74. The van der Waals surface area contributed by atoms with Crippen LogP contribution in [0, 0.1) is 5.82 Å². The van der Waals surface area contributed by atoms with Crippen LogP contribution in [0.5, 0.6) is 0 Å². The van der Waals surface area contributed by atoms with Gasteiger partial charge in [0.2, 0.25) is 5.91 Å². The van der Waals surface area contributed by atoms with Crippen molar-refractivity contribution >= 4 is 17.3 Å². The van der Waals surface area contributed by atoms with E-state index in [9.17, 15) is 9.18 Å². The number of hydrogen-bond acceptors (Lipinski definition) is 4. The number of rotatable bonds is 4. The van der Waals surface area contributed by atoms with Gasteiger partial charge in [0.25, 0.3) is 0 Å². The number of benzene rings is 1. The van der Waals surface area contributed by atoms with Gasteiger partial charge >= 0.3 is 0 Å². The lowest BCUT2D eigenvalue weighted by atomic mass is 10.2. The van der Waals surface area contributed by atoms with Crippen LogP contribution >= 0.6 is 0 Å². The van der Waals surface area contributed by atoms with Crippen molar-refractivity contribution in [3.8, 4) is 0 Å². The number of aliphatic hydroxyl groups is 1. The maximum absolute atomic E-state index is 13.5. The smallest absolute Gasteiger partial charge is 0.238 e. The fourth-order valence-corrected chi connectivity index (χ4v) is 2.32. The Kier molecular flexibility index (Phi) is 4.34. The molecule has 5 nitrogen and oxygen atoms in total. The Morgan fingerprint density at radius 1 is 1.58 bits per heavy atom. The number of hydrogen-bond donors (Lipinski definition) is 3.